The summed E-state index contributed by atoms with van der Waals surface area (Å²) in [6.45, 7) is 0. The molecule has 0 atom stereocenters. The van der Waals surface area contributed by atoms with E-state index in [0.29, 0.717) is 5.02 Å². The lowest BCUT2D eigenvalue weighted by Crippen LogP contribution is -2.17. The summed E-state index contributed by atoms with van der Waals surface area (Å²) in [7, 11) is 0. The molecule has 0 aliphatic heterocycles. The standard InChI is InChI=1S/C20H11Cl2F3O3/c21-12-5-8-14(16(22)11-12)17(26)9-6-13-7-10-18(27-13)15-3-1-2-4-19(15)28-20(23,24)25/h1-11H/b9-6+. The number of ether oxygens (including phenoxy) is 1. The molecule has 0 bridgehead atoms. The normalized spacial score (nSPS) is 11.8. The molecule has 0 spiro atoms. The summed E-state index contributed by atoms with van der Waals surface area (Å²) in [6, 6.07) is 13.1. The second-order valence-corrected chi connectivity index (χ2v) is 6.41. The summed E-state index contributed by atoms with van der Waals surface area (Å²) in [4.78, 5) is 12.2. The van der Waals surface area contributed by atoms with Crippen LogP contribution in [0, 0.1) is 0 Å². The molecule has 0 unspecified atom stereocenters. The predicted molar refractivity (Wildman–Crippen MR) is 101 cm³/mol. The fourth-order valence-electron chi connectivity index (χ4n) is 2.41. The van der Waals surface area contributed by atoms with E-state index in [2.05, 4.69) is 4.74 Å². The van der Waals surface area contributed by atoms with Crippen LogP contribution in [0.1, 0.15) is 16.1 Å². The molecule has 1 aromatic heterocycles. The van der Waals surface area contributed by atoms with Crippen molar-refractivity contribution >= 4 is 35.1 Å². The summed E-state index contributed by atoms with van der Waals surface area (Å²) >= 11 is 11.8. The maximum atomic E-state index is 12.6. The number of ketones is 1. The van der Waals surface area contributed by atoms with Crippen molar-refractivity contribution in [1.82, 2.24) is 0 Å². The molecule has 0 N–H and O–H groups in total. The number of carbonyl (C=O) groups excluding carboxylic acids is 1. The van der Waals surface area contributed by atoms with Gasteiger partial charge in [-0.15, -0.1) is 13.2 Å². The second kappa shape index (κ2) is 8.12. The fourth-order valence-corrected chi connectivity index (χ4v) is 2.91. The van der Waals surface area contributed by atoms with Crippen LogP contribution in [0.2, 0.25) is 10.0 Å². The van der Waals surface area contributed by atoms with Crippen LogP contribution in [0.25, 0.3) is 17.4 Å². The van der Waals surface area contributed by atoms with Gasteiger partial charge in [0, 0.05) is 10.6 Å². The molecule has 0 fully saturated rings. The van der Waals surface area contributed by atoms with E-state index in [1.165, 1.54) is 60.7 Å². The molecule has 0 aliphatic rings. The molecule has 0 aliphatic carbocycles. The Morgan fingerprint density at radius 1 is 1.04 bits per heavy atom. The predicted octanol–water partition coefficient (Wildman–Crippen LogP) is 7.05. The van der Waals surface area contributed by atoms with Crippen molar-refractivity contribution in [2.75, 3.05) is 0 Å². The number of benzene rings is 2. The first-order valence-corrected chi connectivity index (χ1v) is 8.61. The van der Waals surface area contributed by atoms with E-state index in [1.54, 1.807) is 6.07 Å². The van der Waals surface area contributed by atoms with Crippen LogP contribution in [0.5, 0.6) is 5.75 Å². The highest BCUT2D eigenvalue weighted by Crippen LogP contribution is 2.34. The van der Waals surface area contributed by atoms with Crippen LogP contribution in [-0.4, -0.2) is 12.1 Å². The van der Waals surface area contributed by atoms with E-state index in [1.807, 2.05) is 0 Å². The van der Waals surface area contributed by atoms with Crippen molar-refractivity contribution in [3.63, 3.8) is 0 Å². The molecular weight excluding hydrogens is 416 g/mol. The number of halogens is 5. The van der Waals surface area contributed by atoms with Gasteiger partial charge in [0.25, 0.3) is 0 Å². The maximum Gasteiger partial charge on any atom is 0.573 e. The zero-order chi connectivity index (χ0) is 20.3. The Bertz CT molecular complexity index is 1040. The average molecular weight is 427 g/mol. The lowest BCUT2D eigenvalue weighted by atomic mass is 10.1. The summed E-state index contributed by atoms with van der Waals surface area (Å²) in [5, 5.41) is 0.612. The van der Waals surface area contributed by atoms with E-state index >= 15 is 0 Å². The van der Waals surface area contributed by atoms with Gasteiger partial charge < -0.3 is 9.15 Å². The smallest absolute Gasteiger partial charge is 0.457 e. The molecule has 3 nitrogen and oxygen atoms in total. The van der Waals surface area contributed by atoms with Gasteiger partial charge in [0.05, 0.1) is 10.6 Å². The molecule has 0 amide bonds. The number of allylic oxidation sites excluding steroid dienone is 1. The minimum Gasteiger partial charge on any atom is -0.457 e. The number of alkyl halides is 3. The van der Waals surface area contributed by atoms with Gasteiger partial charge in [-0.25, -0.2) is 0 Å². The van der Waals surface area contributed by atoms with Crippen molar-refractivity contribution < 1.29 is 27.1 Å². The van der Waals surface area contributed by atoms with E-state index in [9.17, 15) is 18.0 Å². The lowest BCUT2D eigenvalue weighted by Gasteiger charge is -2.11. The zero-order valence-electron chi connectivity index (χ0n) is 14.0. The Balaban J connectivity index is 1.81. The summed E-state index contributed by atoms with van der Waals surface area (Å²) in [5.74, 6) is -0.323. The Morgan fingerprint density at radius 2 is 1.79 bits per heavy atom. The Hall–Kier alpha value is -2.70. The van der Waals surface area contributed by atoms with E-state index in [0.717, 1.165) is 0 Å². The highest BCUT2D eigenvalue weighted by molar-refractivity contribution is 6.37. The van der Waals surface area contributed by atoms with Crippen LogP contribution < -0.4 is 4.74 Å². The number of furan rings is 1. The molecule has 3 rings (SSSR count). The molecule has 2 aromatic carbocycles. The zero-order valence-corrected chi connectivity index (χ0v) is 15.5. The van der Waals surface area contributed by atoms with Crippen molar-refractivity contribution in [3.05, 3.63) is 82.0 Å². The van der Waals surface area contributed by atoms with Crippen LogP contribution in [0.3, 0.4) is 0 Å². The molecule has 3 aromatic rings. The molecule has 0 saturated carbocycles. The first kappa shape index (κ1) is 20.0. The number of hydrogen-bond donors (Lipinski definition) is 0. The third kappa shape index (κ3) is 4.97. The number of hydrogen-bond acceptors (Lipinski definition) is 3. The topological polar surface area (TPSA) is 39.4 Å². The second-order valence-electron chi connectivity index (χ2n) is 5.57. The van der Waals surface area contributed by atoms with Gasteiger partial charge in [-0.2, -0.15) is 0 Å². The highest BCUT2D eigenvalue weighted by atomic mass is 35.5. The molecule has 144 valence electrons. The fraction of sp³-hybridized carbons (Fsp3) is 0.0500. The van der Waals surface area contributed by atoms with Crippen LogP contribution in [0.15, 0.2) is 65.1 Å². The Kier molecular flexibility index (Phi) is 5.82. The van der Waals surface area contributed by atoms with Gasteiger partial charge in [0.15, 0.2) is 5.78 Å². The van der Waals surface area contributed by atoms with E-state index in [-0.39, 0.29) is 39.2 Å². The third-order valence-electron chi connectivity index (χ3n) is 3.60. The van der Waals surface area contributed by atoms with Crippen molar-refractivity contribution in [2.45, 2.75) is 6.36 Å². The van der Waals surface area contributed by atoms with Gasteiger partial charge in [-0.1, -0.05) is 35.3 Å². The van der Waals surface area contributed by atoms with Gasteiger partial charge in [0.1, 0.15) is 17.3 Å². The van der Waals surface area contributed by atoms with Crippen LogP contribution in [-0.2, 0) is 0 Å². The first-order valence-electron chi connectivity index (χ1n) is 7.85. The van der Waals surface area contributed by atoms with Crippen molar-refractivity contribution in [2.24, 2.45) is 0 Å². The van der Waals surface area contributed by atoms with Gasteiger partial charge in [-0.3, -0.25) is 4.79 Å². The highest BCUT2D eigenvalue weighted by Gasteiger charge is 2.32. The van der Waals surface area contributed by atoms with Gasteiger partial charge >= 0.3 is 6.36 Å². The Labute approximate surface area is 167 Å². The Morgan fingerprint density at radius 3 is 2.50 bits per heavy atom. The first-order chi connectivity index (χ1) is 13.2. The average Bonchev–Trinajstić information content (AvgIpc) is 3.07. The number of rotatable bonds is 5. The minimum absolute atomic E-state index is 0.131. The molecule has 28 heavy (non-hydrogen) atoms. The van der Waals surface area contributed by atoms with E-state index < -0.39 is 6.36 Å². The molecular formula is C20H11Cl2F3O3. The number of para-hydroxylation sites is 1. The summed E-state index contributed by atoms with van der Waals surface area (Å²) in [5.41, 5.74) is 0.393. The van der Waals surface area contributed by atoms with Crippen molar-refractivity contribution in [3.8, 4) is 17.1 Å². The molecule has 0 saturated heterocycles. The SMILES string of the molecule is O=C(/C=C/c1ccc(-c2ccccc2OC(F)(F)F)o1)c1ccc(Cl)cc1Cl. The lowest BCUT2D eigenvalue weighted by molar-refractivity contribution is -0.274. The third-order valence-corrected chi connectivity index (χ3v) is 4.15. The van der Waals surface area contributed by atoms with Gasteiger partial charge in [0.2, 0.25) is 0 Å². The van der Waals surface area contributed by atoms with Gasteiger partial charge in [-0.05, 0) is 54.6 Å². The summed E-state index contributed by atoms with van der Waals surface area (Å²) in [6.07, 6.45) is -2.18. The summed E-state index contributed by atoms with van der Waals surface area (Å²) < 4.78 is 47.2. The van der Waals surface area contributed by atoms with Crippen LogP contribution >= 0.6 is 23.2 Å². The van der Waals surface area contributed by atoms with Crippen LogP contribution in [0.4, 0.5) is 13.2 Å². The maximum absolute atomic E-state index is 12.6. The largest absolute Gasteiger partial charge is 0.573 e. The minimum atomic E-state index is -4.82. The monoisotopic (exact) mass is 426 g/mol. The molecule has 0 radical (unpaired) electrons. The van der Waals surface area contributed by atoms with E-state index in [4.69, 9.17) is 27.6 Å². The molecule has 1 heterocycles. The number of carbonyl (C=O) groups is 1. The molecule has 8 heteroatoms. The quantitative estimate of drug-likeness (QED) is 0.324. The van der Waals surface area contributed by atoms with Crippen molar-refractivity contribution in [1.29, 1.82) is 0 Å².